The van der Waals surface area contributed by atoms with E-state index in [9.17, 15) is 9.50 Å². The van der Waals surface area contributed by atoms with Crippen molar-refractivity contribution >= 4 is 5.57 Å². The molecule has 0 amide bonds. The molecule has 3 heteroatoms. The Kier molecular flexibility index (Phi) is 6.38. The standard InChI is InChI=1S/C29H37FO2/c1-18-9-14-25-24(15-18)28-26(31)16-22(17-27(28)32-29(25,4)5)20(3)19(2)7-6-8-21-10-12-23(30)13-11-21/h10-13,16-20,31H,6-9,14-15H2,1-5H3. The van der Waals surface area contributed by atoms with Gasteiger partial charge in [-0.05, 0) is 117 Å². The second-order valence-electron chi connectivity index (χ2n) is 10.6. The molecule has 0 saturated heterocycles. The Balaban J connectivity index is 1.51. The zero-order valence-corrected chi connectivity index (χ0v) is 20.2. The molecule has 3 atom stereocenters. The first-order valence-electron chi connectivity index (χ1n) is 12.2. The van der Waals surface area contributed by atoms with Crippen molar-refractivity contribution in [1.82, 2.24) is 0 Å². The molecule has 0 radical (unpaired) electrons. The number of ether oxygens (including phenoxy) is 1. The molecule has 0 fully saturated rings. The SMILES string of the molecule is CC1CCC2=C(C1)c1c(O)cc(C(C)C(C)CCCc3ccc(F)cc3)cc1OC2(C)C. The molecule has 0 spiro atoms. The van der Waals surface area contributed by atoms with E-state index in [2.05, 4.69) is 40.7 Å². The minimum atomic E-state index is -0.322. The number of aryl methyl sites for hydroxylation is 1. The van der Waals surface area contributed by atoms with Crippen LogP contribution in [0.2, 0.25) is 0 Å². The van der Waals surface area contributed by atoms with Crippen LogP contribution in [0.25, 0.3) is 5.57 Å². The van der Waals surface area contributed by atoms with Gasteiger partial charge in [-0.2, -0.15) is 0 Å². The van der Waals surface area contributed by atoms with Crippen LogP contribution in [-0.4, -0.2) is 10.7 Å². The van der Waals surface area contributed by atoms with Crippen molar-refractivity contribution in [1.29, 1.82) is 0 Å². The molecule has 3 unspecified atom stereocenters. The summed E-state index contributed by atoms with van der Waals surface area (Å²) in [6, 6.07) is 10.9. The number of phenolic OH excluding ortho intramolecular Hbond substituents is 1. The van der Waals surface area contributed by atoms with Gasteiger partial charge in [0.2, 0.25) is 0 Å². The van der Waals surface area contributed by atoms with Crippen molar-refractivity contribution in [3.63, 3.8) is 0 Å². The van der Waals surface area contributed by atoms with Crippen LogP contribution in [0.1, 0.15) is 89.3 Å². The molecular formula is C29H37FO2. The quantitative estimate of drug-likeness (QED) is 0.496. The van der Waals surface area contributed by atoms with E-state index < -0.39 is 0 Å². The van der Waals surface area contributed by atoms with Crippen LogP contribution in [0.3, 0.4) is 0 Å². The van der Waals surface area contributed by atoms with Crippen LogP contribution < -0.4 is 4.74 Å². The van der Waals surface area contributed by atoms with Gasteiger partial charge in [0.05, 0.1) is 5.56 Å². The molecule has 1 heterocycles. The van der Waals surface area contributed by atoms with E-state index in [4.69, 9.17) is 4.74 Å². The van der Waals surface area contributed by atoms with Crippen molar-refractivity contribution in [3.05, 3.63) is 64.5 Å². The Bertz CT molecular complexity index is 1000. The Morgan fingerprint density at radius 3 is 2.59 bits per heavy atom. The summed E-state index contributed by atoms with van der Waals surface area (Å²) in [5.41, 5.74) is 5.58. The van der Waals surface area contributed by atoms with Gasteiger partial charge in [0, 0.05) is 0 Å². The third-order valence-electron chi connectivity index (χ3n) is 7.72. The fourth-order valence-corrected chi connectivity index (χ4v) is 5.50. The first-order chi connectivity index (χ1) is 15.2. The van der Waals surface area contributed by atoms with Gasteiger partial charge in [-0.1, -0.05) is 32.9 Å². The Labute approximate surface area is 192 Å². The number of allylic oxidation sites excluding steroid dienone is 1. The number of benzene rings is 2. The van der Waals surface area contributed by atoms with Crippen LogP contribution in [0.15, 0.2) is 42.0 Å². The van der Waals surface area contributed by atoms with Crippen LogP contribution >= 0.6 is 0 Å². The molecular weight excluding hydrogens is 399 g/mol. The summed E-state index contributed by atoms with van der Waals surface area (Å²) < 4.78 is 19.6. The van der Waals surface area contributed by atoms with Gasteiger partial charge in [-0.15, -0.1) is 0 Å². The predicted octanol–water partition coefficient (Wildman–Crippen LogP) is 8.04. The van der Waals surface area contributed by atoms with Crippen molar-refractivity contribution in [2.45, 2.75) is 84.7 Å². The van der Waals surface area contributed by atoms with Crippen molar-refractivity contribution in [3.8, 4) is 11.5 Å². The van der Waals surface area contributed by atoms with Crippen molar-refractivity contribution in [2.24, 2.45) is 11.8 Å². The molecule has 2 aromatic rings. The van der Waals surface area contributed by atoms with E-state index >= 15 is 0 Å². The lowest BCUT2D eigenvalue weighted by molar-refractivity contribution is 0.135. The van der Waals surface area contributed by atoms with Crippen molar-refractivity contribution in [2.75, 3.05) is 0 Å². The first kappa shape index (κ1) is 22.9. The van der Waals surface area contributed by atoms with Gasteiger partial charge in [-0.3, -0.25) is 0 Å². The summed E-state index contributed by atoms with van der Waals surface area (Å²) in [4.78, 5) is 0. The summed E-state index contributed by atoms with van der Waals surface area (Å²) in [7, 11) is 0. The minimum Gasteiger partial charge on any atom is -0.507 e. The summed E-state index contributed by atoms with van der Waals surface area (Å²) in [5.74, 6) is 2.43. The maximum absolute atomic E-state index is 13.1. The molecule has 4 rings (SSSR count). The third kappa shape index (κ3) is 4.58. The van der Waals surface area contributed by atoms with Gasteiger partial charge in [0.25, 0.3) is 0 Å². The highest BCUT2D eigenvalue weighted by Crippen LogP contribution is 2.52. The number of fused-ring (bicyclic) bond motifs is 2. The lowest BCUT2D eigenvalue weighted by Gasteiger charge is -2.41. The van der Waals surface area contributed by atoms with E-state index in [1.54, 1.807) is 0 Å². The molecule has 2 aliphatic rings. The second kappa shape index (κ2) is 8.92. The molecule has 0 saturated carbocycles. The predicted molar refractivity (Wildman–Crippen MR) is 130 cm³/mol. The van der Waals surface area contributed by atoms with Gasteiger partial charge < -0.3 is 9.84 Å². The molecule has 1 aliphatic heterocycles. The van der Waals surface area contributed by atoms with E-state index in [0.29, 0.717) is 23.5 Å². The molecule has 0 bridgehead atoms. The highest BCUT2D eigenvalue weighted by atomic mass is 19.1. The third-order valence-corrected chi connectivity index (χ3v) is 7.72. The summed E-state index contributed by atoms with van der Waals surface area (Å²) >= 11 is 0. The number of hydrogen-bond acceptors (Lipinski definition) is 2. The smallest absolute Gasteiger partial charge is 0.132 e. The normalized spacial score (nSPS) is 21.4. The van der Waals surface area contributed by atoms with Gasteiger partial charge in [0.15, 0.2) is 0 Å². The highest BCUT2D eigenvalue weighted by Gasteiger charge is 2.38. The van der Waals surface area contributed by atoms with Crippen LogP contribution in [0, 0.1) is 17.7 Å². The summed E-state index contributed by atoms with van der Waals surface area (Å²) in [6.07, 6.45) is 6.34. The number of hydrogen-bond donors (Lipinski definition) is 1. The van der Waals surface area contributed by atoms with Gasteiger partial charge >= 0.3 is 0 Å². The van der Waals surface area contributed by atoms with Gasteiger partial charge in [-0.25, -0.2) is 4.39 Å². The topological polar surface area (TPSA) is 29.5 Å². The Morgan fingerprint density at radius 1 is 1.16 bits per heavy atom. The maximum atomic E-state index is 13.1. The number of aromatic hydroxyl groups is 1. The zero-order chi connectivity index (χ0) is 23.0. The van der Waals surface area contributed by atoms with E-state index in [-0.39, 0.29) is 11.4 Å². The Morgan fingerprint density at radius 2 is 1.88 bits per heavy atom. The van der Waals surface area contributed by atoms with Crippen LogP contribution in [0.4, 0.5) is 4.39 Å². The van der Waals surface area contributed by atoms with Gasteiger partial charge in [0.1, 0.15) is 22.9 Å². The second-order valence-corrected chi connectivity index (χ2v) is 10.6. The lowest BCUT2D eigenvalue weighted by atomic mass is 9.74. The fourth-order valence-electron chi connectivity index (χ4n) is 5.50. The molecule has 2 aromatic carbocycles. The zero-order valence-electron chi connectivity index (χ0n) is 20.2. The van der Waals surface area contributed by atoms with E-state index in [1.165, 1.54) is 35.3 Å². The average molecular weight is 437 g/mol. The minimum absolute atomic E-state index is 0.182. The lowest BCUT2D eigenvalue weighted by Crippen LogP contribution is -2.36. The molecule has 32 heavy (non-hydrogen) atoms. The van der Waals surface area contributed by atoms with Crippen LogP contribution in [-0.2, 0) is 6.42 Å². The molecule has 2 nitrogen and oxygen atoms in total. The average Bonchev–Trinajstić information content (AvgIpc) is 2.73. The molecule has 0 aromatic heterocycles. The number of halogens is 1. The molecule has 172 valence electrons. The van der Waals surface area contributed by atoms with Crippen LogP contribution in [0.5, 0.6) is 11.5 Å². The Hall–Kier alpha value is -2.29. The summed E-state index contributed by atoms with van der Waals surface area (Å²) in [5, 5.41) is 11.1. The maximum Gasteiger partial charge on any atom is 0.132 e. The summed E-state index contributed by atoms with van der Waals surface area (Å²) in [6.45, 7) is 11.1. The van der Waals surface area contributed by atoms with E-state index in [1.807, 2.05) is 18.2 Å². The number of rotatable bonds is 6. The monoisotopic (exact) mass is 436 g/mol. The first-order valence-corrected chi connectivity index (χ1v) is 12.2. The number of phenols is 1. The largest absolute Gasteiger partial charge is 0.507 e. The molecule has 1 aliphatic carbocycles. The fraction of sp³-hybridized carbons (Fsp3) is 0.517. The molecule has 1 N–H and O–H groups in total. The van der Waals surface area contributed by atoms with Crippen molar-refractivity contribution < 1.29 is 14.2 Å². The highest BCUT2D eigenvalue weighted by molar-refractivity contribution is 5.81. The van der Waals surface area contributed by atoms with E-state index in [0.717, 1.165) is 49.0 Å².